The van der Waals surface area contributed by atoms with Crippen LogP contribution in [0.15, 0.2) is 30.3 Å². The van der Waals surface area contributed by atoms with Crippen LogP contribution in [-0.2, 0) is 20.9 Å². The molecule has 1 saturated heterocycles. The second-order valence-electron chi connectivity index (χ2n) is 4.48. The van der Waals surface area contributed by atoms with Crippen molar-refractivity contribution in [2.45, 2.75) is 44.7 Å². The number of carbonyl (C=O) groups is 1. The summed E-state index contributed by atoms with van der Waals surface area (Å²) in [6.45, 7) is 0.313. The molecule has 1 fully saturated rings. The molecule has 1 N–H and O–H groups in total. The Morgan fingerprint density at radius 2 is 2.11 bits per heavy atom. The number of hydrogen-bond donors (Lipinski definition) is 1. The van der Waals surface area contributed by atoms with E-state index in [-0.39, 0.29) is 12.1 Å². The van der Waals surface area contributed by atoms with Crippen molar-refractivity contribution in [2.24, 2.45) is 0 Å². The predicted molar refractivity (Wildman–Crippen MR) is 65.6 cm³/mol. The van der Waals surface area contributed by atoms with Crippen LogP contribution in [0.2, 0.25) is 0 Å². The van der Waals surface area contributed by atoms with E-state index in [4.69, 9.17) is 9.47 Å². The van der Waals surface area contributed by atoms with Gasteiger partial charge < -0.3 is 14.6 Å². The minimum Gasteiger partial charge on any atom is -0.461 e. The summed E-state index contributed by atoms with van der Waals surface area (Å²) >= 11 is 0. The molecule has 0 spiro atoms. The van der Waals surface area contributed by atoms with Gasteiger partial charge in [-0.05, 0) is 18.4 Å². The Balaban J connectivity index is 1.63. The molecular formula is C14H18O4. The van der Waals surface area contributed by atoms with E-state index in [1.165, 1.54) is 0 Å². The molecule has 1 aromatic carbocycles. The highest BCUT2D eigenvalue weighted by Gasteiger charge is 2.23. The first-order valence-electron chi connectivity index (χ1n) is 6.27. The fourth-order valence-corrected chi connectivity index (χ4v) is 1.99. The Morgan fingerprint density at radius 3 is 2.78 bits per heavy atom. The topological polar surface area (TPSA) is 55.8 Å². The lowest BCUT2D eigenvalue weighted by molar-refractivity contribution is -0.146. The van der Waals surface area contributed by atoms with Crippen molar-refractivity contribution in [2.75, 3.05) is 0 Å². The van der Waals surface area contributed by atoms with Crippen molar-refractivity contribution in [3.05, 3.63) is 35.9 Å². The number of carbonyl (C=O) groups excluding carboxylic acids is 1. The van der Waals surface area contributed by atoms with Gasteiger partial charge in [0.15, 0.2) is 6.29 Å². The maximum Gasteiger partial charge on any atom is 0.306 e. The van der Waals surface area contributed by atoms with Gasteiger partial charge in [0.1, 0.15) is 6.61 Å². The molecule has 0 bridgehead atoms. The van der Waals surface area contributed by atoms with E-state index in [9.17, 15) is 9.90 Å². The quantitative estimate of drug-likeness (QED) is 0.812. The molecule has 0 aromatic heterocycles. The molecular weight excluding hydrogens is 232 g/mol. The molecule has 0 saturated carbocycles. The molecule has 98 valence electrons. The Labute approximate surface area is 107 Å². The SMILES string of the molecule is O=C(CC[C@H]1CCC(O)O1)OCc1ccccc1. The van der Waals surface area contributed by atoms with E-state index in [0.29, 0.717) is 25.9 Å². The molecule has 1 heterocycles. The van der Waals surface area contributed by atoms with Crippen LogP contribution in [0.4, 0.5) is 0 Å². The molecule has 0 radical (unpaired) electrons. The fourth-order valence-electron chi connectivity index (χ4n) is 1.99. The Kier molecular flexibility index (Phi) is 4.73. The number of aliphatic hydroxyl groups excluding tert-OH is 1. The van der Waals surface area contributed by atoms with Gasteiger partial charge in [0.25, 0.3) is 0 Å². The van der Waals surface area contributed by atoms with Gasteiger partial charge in [0.05, 0.1) is 6.10 Å². The van der Waals surface area contributed by atoms with Crippen molar-refractivity contribution in [3.8, 4) is 0 Å². The number of benzene rings is 1. The maximum atomic E-state index is 11.5. The van der Waals surface area contributed by atoms with Crippen molar-refractivity contribution >= 4 is 5.97 Å². The smallest absolute Gasteiger partial charge is 0.306 e. The van der Waals surface area contributed by atoms with Crippen LogP contribution >= 0.6 is 0 Å². The van der Waals surface area contributed by atoms with Gasteiger partial charge >= 0.3 is 5.97 Å². The zero-order chi connectivity index (χ0) is 12.8. The summed E-state index contributed by atoms with van der Waals surface area (Å²) in [5.41, 5.74) is 0.985. The number of aliphatic hydroxyl groups is 1. The van der Waals surface area contributed by atoms with Crippen LogP contribution in [0.3, 0.4) is 0 Å². The maximum absolute atomic E-state index is 11.5. The van der Waals surface area contributed by atoms with Gasteiger partial charge in [-0.1, -0.05) is 30.3 Å². The first-order chi connectivity index (χ1) is 8.74. The lowest BCUT2D eigenvalue weighted by atomic mass is 10.1. The average Bonchev–Trinajstić information content (AvgIpc) is 2.81. The van der Waals surface area contributed by atoms with E-state index in [1.807, 2.05) is 30.3 Å². The largest absolute Gasteiger partial charge is 0.461 e. The lowest BCUT2D eigenvalue weighted by Gasteiger charge is -2.10. The van der Waals surface area contributed by atoms with Crippen LogP contribution in [0, 0.1) is 0 Å². The molecule has 4 nitrogen and oxygen atoms in total. The molecule has 18 heavy (non-hydrogen) atoms. The second-order valence-corrected chi connectivity index (χ2v) is 4.48. The van der Waals surface area contributed by atoms with Crippen LogP contribution in [0.1, 0.15) is 31.2 Å². The predicted octanol–water partition coefficient (Wildman–Crippen LogP) is 2.01. The van der Waals surface area contributed by atoms with Crippen molar-refractivity contribution in [1.29, 1.82) is 0 Å². The third-order valence-electron chi connectivity index (χ3n) is 3.00. The molecule has 2 rings (SSSR count). The monoisotopic (exact) mass is 250 g/mol. The van der Waals surface area contributed by atoms with Crippen molar-refractivity contribution < 1.29 is 19.4 Å². The van der Waals surface area contributed by atoms with E-state index >= 15 is 0 Å². The van der Waals surface area contributed by atoms with Crippen LogP contribution < -0.4 is 0 Å². The summed E-state index contributed by atoms with van der Waals surface area (Å²) in [7, 11) is 0. The molecule has 0 aliphatic carbocycles. The zero-order valence-corrected chi connectivity index (χ0v) is 10.2. The van der Waals surface area contributed by atoms with E-state index < -0.39 is 6.29 Å². The van der Waals surface area contributed by atoms with Gasteiger partial charge in [-0.2, -0.15) is 0 Å². The summed E-state index contributed by atoms with van der Waals surface area (Å²) in [4.78, 5) is 11.5. The molecule has 4 heteroatoms. The van der Waals surface area contributed by atoms with E-state index in [2.05, 4.69) is 0 Å². The highest BCUT2D eigenvalue weighted by molar-refractivity contribution is 5.69. The van der Waals surface area contributed by atoms with Gasteiger partial charge in [-0.3, -0.25) is 4.79 Å². The first kappa shape index (κ1) is 13.1. The highest BCUT2D eigenvalue weighted by Crippen LogP contribution is 2.21. The summed E-state index contributed by atoms with van der Waals surface area (Å²) < 4.78 is 10.4. The van der Waals surface area contributed by atoms with Crippen LogP contribution in [0.5, 0.6) is 0 Å². The third kappa shape index (κ3) is 4.13. The number of hydrogen-bond acceptors (Lipinski definition) is 4. The Hall–Kier alpha value is -1.39. The normalized spacial score (nSPS) is 22.9. The fraction of sp³-hybridized carbons (Fsp3) is 0.500. The minimum absolute atomic E-state index is 0.00993. The number of ether oxygens (including phenoxy) is 2. The molecule has 1 unspecified atom stereocenters. The first-order valence-corrected chi connectivity index (χ1v) is 6.27. The molecule has 0 amide bonds. The Bertz CT molecular complexity index is 377. The molecule has 1 aliphatic heterocycles. The number of esters is 1. The Morgan fingerprint density at radius 1 is 1.33 bits per heavy atom. The molecule has 2 atom stereocenters. The number of rotatable bonds is 5. The molecule has 1 aromatic rings. The van der Waals surface area contributed by atoms with Crippen LogP contribution in [0.25, 0.3) is 0 Å². The summed E-state index contributed by atoms with van der Waals surface area (Å²) in [6, 6.07) is 9.59. The summed E-state index contributed by atoms with van der Waals surface area (Å²) in [5.74, 6) is -0.219. The second kappa shape index (κ2) is 6.52. The van der Waals surface area contributed by atoms with Gasteiger partial charge in [0, 0.05) is 12.8 Å². The van der Waals surface area contributed by atoms with Gasteiger partial charge in [0.2, 0.25) is 0 Å². The van der Waals surface area contributed by atoms with Crippen molar-refractivity contribution in [1.82, 2.24) is 0 Å². The average molecular weight is 250 g/mol. The zero-order valence-electron chi connectivity index (χ0n) is 10.2. The van der Waals surface area contributed by atoms with Crippen molar-refractivity contribution in [3.63, 3.8) is 0 Å². The summed E-state index contributed by atoms with van der Waals surface area (Å²) in [5, 5.41) is 9.18. The van der Waals surface area contributed by atoms with E-state index in [1.54, 1.807) is 0 Å². The minimum atomic E-state index is -0.657. The third-order valence-corrected chi connectivity index (χ3v) is 3.00. The lowest BCUT2D eigenvalue weighted by Crippen LogP contribution is -2.13. The standard InChI is InChI=1S/C14H18O4/c15-13(8-6-12-7-9-14(16)18-12)17-10-11-4-2-1-3-5-11/h1-5,12,14,16H,6-10H2/t12-,14?/m0/s1. The van der Waals surface area contributed by atoms with Gasteiger partial charge in [-0.25, -0.2) is 0 Å². The van der Waals surface area contributed by atoms with Crippen LogP contribution in [-0.4, -0.2) is 23.5 Å². The van der Waals surface area contributed by atoms with Gasteiger partial charge in [-0.15, -0.1) is 0 Å². The molecule has 1 aliphatic rings. The highest BCUT2D eigenvalue weighted by atomic mass is 16.6. The van der Waals surface area contributed by atoms with E-state index in [0.717, 1.165) is 12.0 Å². The summed E-state index contributed by atoms with van der Waals surface area (Å²) in [6.07, 6.45) is 1.76.